The molecule has 2 rings (SSSR count). The van der Waals surface area contributed by atoms with Gasteiger partial charge in [0.2, 0.25) is 0 Å². The number of rotatable bonds is 3. The van der Waals surface area contributed by atoms with Gasteiger partial charge in [-0.3, -0.25) is 0 Å². The van der Waals surface area contributed by atoms with Crippen molar-refractivity contribution in [2.24, 2.45) is 0 Å². The normalized spacial score (nSPS) is 21.0. The number of hydrogen-bond acceptors (Lipinski definition) is 1. The highest BCUT2D eigenvalue weighted by Crippen LogP contribution is 2.15. The SMILES string of the molecule is C1=CCC(OCc2ccccc2)CC1. The average Bonchev–Trinajstić information content (AvgIpc) is 2.29. The first-order valence-electron chi connectivity index (χ1n) is 5.25. The van der Waals surface area contributed by atoms with Crippen molar-refractivity contribution in [1.29, 1.82) is 0 Å². The van der Waals surface area contributed by atoms with E-state index in [-0.39, 0.29) is 0 Å². The van der Waals surface area contributed by atoms with Gasteiger partial charge in [0.25, 0.3) is 0 Å². The molecule has 0 spiro atoms. The molecule has 14 heavy (non-hydrogen) atoms. The van der Waals surface area contributed by atoms with Gasteiger partial charge in [0, 0.05) is 0 Å². The minimum Gasteiger partial charge on any atom is -0.373 e. The molecular formula is C13H16O. The minimum atomic E-state index is 0.431. The Hall–Kier alpha value is -1.08. The lowest BCUT2D eigenvalue weighted by atomic mass is 10.0. The number of hydrogen-bond donors (Lipinski definition) is 0. The molecule has 1 unspecified atom stereocenters. The van der Waals surface area contributed by atoms with Crippen LogP contribution in [0, 0.1) is 0 Å². The van der Waals surface area contributed by atoms with Gasteiger partial charge in [-0.1, -0.05) is 42.5 Å². The Balaban J connectivity index is 1.80. The van der Waals surface area contributed by atoms with Crippen LogP contribution in [0.2, 0.25) is 0 Å². The lowest BCUT2D eigenvalue weighted by Gasteiger charge is -2.18. The molecule has 0 aliphatic heterocycles. The van der Waals surface area contributed by atoms with Gasteiger partial charge in [0.15, 0.2) is 0 Å². The summed E-state index contributed by atoms with van der Waals surface area (Å²) in [5.74, 6) is 0. The molecule has 1 nitrogen and oxygen atoms in total. The van der Waals surface area contributed by atoms with Crippen molar-refractivity contribution in [2.45, 2.75) is 32.0 Å². The third kappa shape index (κ3) is 2.71. The van der Waals surface area contributed by atoms with Crippen molar-refractivity contribution in [3.63, 3.8) is 0 Å². The van der Waals surface area contributed by atoms with Crippen molar-refractivity contribution in [1.82, 2.24) is 0 Å². The second kappa shape index (κ2) is 4.97. The van der Waals surface area contributed by atoms with Crippen molar-refractivity contribution in [3.05, 3.63) is 48.0 Å². The Morgan fingerprint density at radius 1 is 1.14 bits per heavy atom. The summed E-state index contributed by atoms with van der Waals surface area (Å²) in [4.78, 5) is 0. The van der Waals surface area contributed by atoms with Gasteiger partial charge in [0.05, 0.1) is 12.7 Å². The molecule has 1 heteroatoms. The average molecular weight is 188 g/mol. The summed E-state index contributed by atoms with van der Waals surface area (Å²) in [6.45, 7) is 0.749. The molecule has 1 aromatic carbocycles. The van der Waals surface area contributed by atoms with Gasteiger partial charge in [0.1, 0.15) is 0 Å². The predicted octanol–water partition coefficient (Wildman–Crippen LogP) is 3.31. The highest BCUT2D eigenvalue weighted by molar-refractivity contribution is 5.13. The Morgan fingerprint density at radius 3 is 2.71 bits per heavy atom. The van der Waals surface area contributed by atoms with Crippen LogP contribution < -0.4 is 0 Å². The largest absolute Gasteiger partial charge is 0.373 e. The molecule has 0 fully saturated rings. The predicted molar refractivity (Wildman–Crippen MR) is 58.0 cm³/mol. The molecule has 0 radical (unpaired) electrons. The summed E-state index contributed by atoms with van der Waals surface area (Å²) < 4.78 is 5.82. The van der Waals surface area contributed by atoms with E-state index in [0.29, 0.717) is 6.10 Å². The summed E-state index contributed by atoms with van der Waals surface area (Å²) in [7, 11) is 0. The molecular weight excluding hydrogens is 172 g/mol. The monoisotopic (exact) mass is 188 g/mol. The van der Waals surface area contributed by atoms with Crippen LogP contribution in [0.1, 0.15) is 24.8 Å². The molecule has 0 amide bonds. The van der Waals surface area contributed by atoms with E-state index in [9.17, 15) is 0 Å². The van der Waals surface area contributed by atoms with Crippen LogP contribution in [0.25, 0.3) is 0 Å². The van der Waals surface area contributed by atoms with E-state index >= 15 is 0 Å². The molecule has 0 saturated heterocycles. The fourth-order valence-corrected chi connectivity index (χ4v) is 1.71. The van der Waals surface area contributed by atoms with E-state index in [4.69, 9.17) is 4.74 Å². The summed E-state index contributed by atoms with van der Waals surface area (Å²) in [5, 5.41) is 0. The van der Waals surface area contributed by atoms with E-state index < -0.39 is 0 Å². The standard InChI is InChI=1S/C13H16O/c1-3-7-12(8-4-1)11-14-13-9-5-2-6-10-13/h1-5,7-8,13H,6,9-11H2. The number of allylic oxidation sites excluding steroid dienone is 1. The minimum absolute atomic E-state index is 0.431. The molecule has 1 aliphatic rings. The van der Waals surface area contributed by atoms with Crippen molar-refractivity contribution in [2.75, 3.05) is 0 Å². The van der Waals surface area contributed by atoms with Crippen molar-refractivity contribution in [3.8, 4) is 0 Å². The maximum Gasteiger partial charge on any atom is 0.0720 e. The summed E-state index contributed by atoms with van der Waals surface area (Å²) in [6.07, 6.45) is 8.30. The first-order chi connectivity index (χ1) is 6.95. The van der Waals surface area contributed by atoms with Gasteiger partial charge in [-0.25, -0.2) is 0 Å². The molecule has 0 heterocycles. The fourth-order valence-electron chi connectivity index (χ4n) is 1.71. The topological polar surface area (TPSA) is 9.23 Å². The lowest BCUT2D eigenvalue weighted by Crippen LogP contribution is -2.13. The molecule has 0 saturated carbocycles. The second-order valence-corrected chi connectivity index (χ2v) is 3.70. The molecule has 0 aromatic heterocycles. The van der Waals surface area contributed by atoms with Gasteiger partial charge in [-0.15, -0.1) is 0 Å². The van der Waals surface area contributed by atoms with E-state index in [1.807, 2.05) is 6.07 Å². The van der Waals surface area contributed by atoms with Crippen LogP contribution in [0.5, 0.6) is 0 Å². The third-order valence-corrected chi connectivity index (χ3v) is 2.55. The summed E-state index contributed by atoms with van der Waals surface area (Å²) in [5.41, 5.74) is 1.27. The number of benzene rings is 1. The Bertz CT molecular complexity index is 289. The van der Waals surface area contributed by atoms with E-state index in [1.54, 1.807) is 0 Å². The smallest absolute Gasteiger partial charge is 0.0720 e. The van der Waals surface area contributed by atoms with Crippen molar-refractivity contribution < 1.29 is 4.74 Å². The van der Waals surface area contributed by atoms with Gasteiger partial charge < -0.3 is 4.74 Å². The molecule has 1 atom stereocenters. The molecule has 1 aromatic rings. The number of ether oxygens (including phenoxy) is 1. The lowest BCUT2D eigenvalue weighted by molar-refractivity contribution is 0.0352. The first kappa shape index (κ1) is 9.47. The summed E-state index contributed by atoms with van der Waals surface area (Å²) in [6, 6.07) is 10.4. The Morgan fingerprint density at radius 2 is 2.00 bits per heavy atom. The maximum absolute atomic E-state index is 5.82. The molecule has 74 valence electrons. The van der Waals surface area contributed by atoms with Gasteiger partial charge in [-0.2, -0.15) is 0 Å². The van der Waals surface area contributed by atoms with Gasteiger partial charge >= 0.3 is 0 Å². The zero-order valence-electron chi connectivity index (χ0n) is 8.36. The van der Waals surface area contributed by atoms with E-state index in [0.717, 1.165) is 13.0 Å². The third-order valence-electron chi connectivity index (χ3n) is 2.55. The zero-order chi connectivity index (χ0) is 9.64. The second-order valence-electron chi connectivity index (χ2n) is 3.70. The quantitative estimate of drug-likeness (QED) is 0.661. The highest BCUT2D eigenvalue weighted by atomic mass is 16.5. The van der Waals surface area contributed by atoms with Crippen LogP contribution in [-0.2, 0) is 11.3 Å². The van der Waals surface area contributed by atoms with Crippen LogP contribution in [0.15, 0.2) is 42.5 Å². The van der Waals surface area contributed by atoms with E-state index in [1.165, 1.54) is 18.4 Å². The molecule has 0 N–H and O–H groups in total. The Labute approximate surface area is 85.4 Å². The maximum atomic E-state index is 5.82. The van der Waals surface area contributed by atoms with Crippen LogP contribution in [0.4, 0.5) is 0 Å². The van der Waals surface area contributed by atoms with Crippen molar-refractivity contribution >= 4 is 0 Å². The molecule has 0 bridgehead atoms. The highest BCUT2D eigenvalue weighted by Gasteiger charge is 2.09. The van der Waals surface area contributed by atoms with Crippen LogP contribution >= 0.6 is 0 Å². The first-order valence-corrected chi connectivity index (χ1v) is 5.25. The van der Waals surface area contributed by atoms with Gasteiger partial charge in [-0.05, 0) is 24.8 Å². The van der Waals surface area contributed by atoms with Crippen LogP contribution in [-0.4, -0.2) is 6.10 Å². The zero-order valence-corrected chi connectivity index (χ0v) is 8.36. The Kier molecular flexibility index (Phi) is 3.36. The van der Waals surface area contributed by atoms with E-state index in [2.05, 4.69) is 36.4 Å². The summed E-state index contributed by atoms with van der Waals surface area (Å²) >= 11 is 0. The fraction of sp³-hybridized carbons (Fsp3) is 0.385. The van der Waals surface area contributed by atoms with Crippen LogP contribution in [0.3, 0.4) is 0 Å². The molecule has 1 aliphatic carbocycles.